The van der Waals surface area contributed by atoms with Gasteiger partial charge in [-0.1, -0.05) is 12.1 Å². The van der Waals surface area contributed by atoms with Gasteiger partial charge in [-0.25, -0.2) is 0 Å². The zero-order chi connectivity index (χ0) is 23.7. The van der Waals surface area contributed by atoms with Crippen LogP contribution in [-0.2, 0) is 9.59 Å². The number of aromatic nitrogens is 1. The highest BCUT2D eigenvalue weighted by molar-refractivity contribution is 6.52. The van der Waals surface area contributed by atoms with E-state index in [4.69, 9.17) is 9.47 Å². The van der Waals surface area contributed by atoms with Crippen LogP contribution < -0.4 is 14.4 Å². The number of nitrogens with zero attached hydrogens (tertiary/aromatic N) is 2. The number of phenols is 1. The molecular formula is C25H22N2O6. The molecule has 3 aromatic rings. The fourth-order valence-electron chi connectivity index (χ4n) is 3.90. The van der Waals surface area contributed by atoms with E-state index in [0.29, 0.717) is 11.3 Å². The highest BCUT2D eigenvalue weighted by Crippen LogP contribution is 2.45. The van der Waals surface area contributed by atoms with Crippen LogP contribution in [-0.4, -0.2) is 41.1 Å². The van der Waals surface area contributed by atoms with Gasteiger partial charge >= 0.3 is 0 Å². The zero-order valence-electron chi connectivity index (χ0n) is 18.3. The van der Waals surface area contributed by atoms with E-state index >= 15 is 0 Å². The second kappa shape index (κ2) is 8.66. The molecule has 1 aliphatic rings. The summed E-state index contributed by atoms with van der Waals surface area (Å²) in [5, 5.41) is 21.8. The van der Waals surface area contributed by atoms with Crippen molar-refractivity contribution in [3.63, 3.8) is 0 Å². The van der Waals surface area contributed by atoms with Crippen LogP contribution in [0.4, 0.5) is 5.69 Å². The summed E-state index contributed by atoms with van der Waals surface area (Å²) < 4.78 is 10.6. The van der Waals surface area contributed by atoms with E-state index in [9.17, 15) is 19.8 Å². The Labute approximate surface area is 190 Å². The third kappa shape index (κ3) is 3.76. The summed E-state index contributed by atoms with van der Waals surface area (Å²) in [6.07, 6.45) is 3.07. The lowest BCUT2D eigenvalue weighted by Crippen LogP contribution is -2.29. The topological polar surface area (TPSA) is 109 Å². The van der Waals surface area contributed by atoms with Crippen LogP contribution in [0.1, 0.15) is 22.7 Å². The molecule has 0 spiro atoms. The Bertz CT molecular complexity index is 1270. The largest absolute Gasteiger partial charge is 0.507 e. The first-order chi connectivity index (χ1) is 15.9. The minimum absolute atomic E-state index is 0.141. The van der Waals surface area contributed by atoms with E-state index in [0.717, 1.165) is 5.56 Å². The van der Waals surface area contributed by atoms with Gasteiger partial charge in [0.25, 0.3) is 11.7 Å². The van der Waals surface area contributed by atoms with Gasteiger partial charge in [0.05, 0.1) is 37.1 Å². The Morgan fingerprint density at radius 2 is 1.85 bits per heavy atom. The molecule has 0 bridgehead atoms. The van der Waals surface area contributed by atoms with Crippen LogP contribution in [0.3, 0.4) is 0 Å². The normalized spacial score (nSPS) is 17.3. The summed E-state index contributed by atoms with van der Waals surface area (Å²) in [5.74, 6) is -1.58. The molecule has 0 radical (unpaired) electrons. The number of pyridine rings is 1. The lowest BCUT2D eigenvalue weighted by Gasteiger charge is -2.26. The average Bonchev–Trinajstić information content (AvgIpc) is 3.10. The number of anilines is 1. The van der Waals surface area contributed by atoms with Crippen molar-refractivity contribution in [2.24, 2.45) is 0 Å². The van der Waals surface area contributed by atoms with Crippen molar-refractivity contribution in [2.45, 2.75) is 13.0 Å². The molecule has 2 aromatic carbocycles. The highest BCUT2D eigenvalue weighted by Gasteiger charge is 2.48. The molecule has 1 fully saturated rings. The molecule has 0 aliphatic carbocycles. The number of Topliss-reactive ketones (excluding diaryl/α,β-unsaturated/α-hetero) is 1. The number of aryl methyl sites for hydroxylation is 1. The van der Waals surface area contributed by atoms with Gasteiger partial charge in [-0.3, -0.25) is 19.5 Å². The summed E-state index contributed by atoms with van der Waals surface area (Å²) >= 11 is 0. The van der Waals surface area contributed by atoms with Gasteiger partial charge in [0.2, 0.25) is 0 Å². The van der Waals surface area contributed by atoms with Crippen molar-refractivity contribution in [3.05, 3.63) is 83.2 Å². The first-order valence-corrected chi connectivity index (χ1v) is 10.1. The molecule has 1 aromatic heterocycles. The van der Waals surface area contributed by atoms with Crippen molar-refractivity contribution in [2.75, 3.05) is 19.1 Å². The van der Waals surface area contributed by atoms with E-state index in [2.05, 4.69) is 4.98 Å². The number of rotatable bonds is 5. The number of aliphatic hydroxyl groups excluding tert-OH is 1. The first-order valence-electron chi connectivity index (χ1n) is 10.1. The molecule has 4 rings (SSSR count). The summed E-state index contributed by atoms with van der Waals surface area (Å²) in [4.78, 5) is 31.7. The van der Waals surface area contributed by atoms with Crippen LogP contribution in [0.2, 0.25) is 0 Å². The Hall–Kier alpha value is -4.33. The number of hydrogen-bond donors (Lipinski definition) is 2. The third-order valence-electron chi connectivity index (χ3n) is 5.50. The average molecular weight is 446 g/mol. The molecule has 1 atom stereocenters. The van der Waals surface area contributed by atoms with E-state index in [1.165, 1.54) is 31.4 Å². The third-order valence-corrected chi connectivity index (χ3v) is 5.50. The van der Waals surface area contributed by atoms with Crippen molar-refractivity contribution >= 4 is 23.1 Å². The molecule has 8 nitrogen and oxygen atoms in total. The second-order valence-electron chi connectivity index (χ2n) is 7.51. The molecule has 2 N–H and O–H groups in total. The number of amides is 1. The number of phenolic OH excluding ortho intramolecular Hbond substituents is 1. The van der Waals surface area contributed by atoms with Gasteiger partial charge in [-0.15, -0.1) is 0 Å². The predicted molar refractivity (Wildman–Crippen MR) is 121 cm³/mol. The Morgan fingerprint density at radius 1 is 1.06 bits per heavy atom. The fourth-order valence-corrected chi connectivity index (χ4v) is 3.90. The van der Waals surface area contributed by atoms with Crippen LogP contribution in [0, 0.1) is 6.92 Å². The number of carbonyl (C=O) groups is 2. The van der Waals surface area contributed by atoms with Crippen molar-refractivity contribution in [3.8, 4) is 17.2 Å². The lowest BCUT2D eigenvalue weighted by molar-refractivity contribution is -0.132. The van der Waals surface area contributed by atoms with Gasteiger partial charge in [0.1, 0.15) is 23.0 Å². The van der Waals surface area contributed by atoms with Gasteiger partial charge in [-0.2, -0.15) is 0 Å². The molecular weight excluding hydrogens is 424 g/mol. The van der Waals surface area contributed by atoms with E-state index < -0.39 is 23.5 Å². The Balaban J connectivity index is 1.98. The lowest BCUT2D eigenvalue weighted by atomic mass is 9.95. The summed E-state index contributed by atoms with van der Waals surface area (Å²) in [6.45, 7) is 1.81. The molecule has 1 aliphatic heterocycles. The molecule has 8 heteroatoms. The van der Waals surface area contributed by atoms with Crippen LogP contribution >= 0.6 is 0 Å². The van der Waals surface area contributed by atoms with E-state index in [1.807, 2.05) is 0 Å². The number of aromatic hydroxyl groups is 1. The summed E-state index contributed by atoms with van der Waals surface area (Å²) in [6, 6.07) is 11.8. The maximum atomic E-state index is 13.2. The number of hydrogen-bond acceptors (Lipinski definition) is 7. The highest BCUT2D eigenvalue weighted by atomic mass is 16.5. The maximum Gasteiger partial charge on any atom is 0.300 e. The van der Waals surface area contributed by atoms with Gasteiger partial charge in [-0.05, 0) is 48.4 Å². The van der Waals surface area contributed by atoms with Crippen LogP contribution in [0.25, 0.3) is 5.76 Å². The SMILES string of the molecule is COc1ccc(/C(O)=C2/C(=O)C(=O)N(c3cc(C)ccc3O)C2c2cccnc2)c(OC)c1. The van der Waals surface area contributed by atoms with Crippen LogP contribution in [0.5, 0.6) is 17.2 Å². The van der Waals surface area contributed by atoms with Crippen molar-refractivity contribution < 1.29 is 29.3 Å². The number of ether oxygens (including phenoxy) is 2. The van der Waals surface area contributed by atoms with E-state index in [1.54, 1.807) is 55.6 Å². The van der Waals surface area contributed by atoms with Crippen molar-refractivity contribution in [1.82, 2.24) is 4.98 Å². The summed E-state index contributed by atoms with van der Waals surface area (Å²) in [7, 11) is 2.92. The molecule has 33 heavy (non-hydrogen) atoms. The monoisotopic (exact) mass is 446 g/mol. The molecule has 1 unspecified atom stereocenters. The van der Waals surface area contributed by atoms with Gasteiger partial charge < -0.3 is 19.7 Å². The van der Waals surface area contributed by atoms with Gasteiger partial charge in [0.15, 0.2) is 0 Å². The molecule has 2 heterocycles. The van der Waals surface area contributed by atoms with E-state index in [-0.39, 0.29) is 28.3 Å². The van der Waals surface area contributed by atoms with Crippen molar-refractivity contribution in [1.29, 1.82) is 0 Å². The molecule has 168 valence electrons. The first kappa shape index (κ1) is 21.9. The molecule has 1 amide bonds. The Kier molecular flexibility index (Phi) is 5.74. The number of ketones is 1. The minimum atomic E-state index is -1.02. The predicted octanol–water partition coefficient (Wildman–Crippen LogP) is 3.74. The fraction of sp³-hybridized carbons (Fsp3) is 0.160. The minimum Gasteiger partial charge on any atom is -0.507 e. The Morgan fingerprint density at radius 3 is 2.52 bits per heavy atom. The smallest absolute Gasteiger partial charge is 0.300 e. The van der Waals surface area contributed by atoms with Gasteiger partial charge in [0, 0.05) is 18.5 Å². The standard InChI is InChI=1S/C25H22N2O6/c1-14-6-9-19(28)18(11-14)27-22(15-5-4-10-26-13-15)21(24(30)25(27)31)23(29)17-8-7-16(32-2)12-20(17)33-3/h4-13,22,28-29H,1-3H3/b23-21-. The van der Waals surface area contributed by atoms with Crippen LogP contribution in [0.15, 0.2) is 66.5 Å². The summed E-state index contributed by atoms with van der Waals surface area (Å²) in [5.41, 5.74) is 1.51. The molecule has 0 saturated carbocycles. The number of benzene rings is 2. The maximum absolute atomic E-state index is 13.2. The number of aliphatic hydroxyl groups is 1. The quantitative estimate of drug-likeness (QED) is 0.349. The zero-order valence-corrected chi connectivity index (χ0v) is 18.3. The molecule has 1 saturated heterocycles. The second-order valence-corrected chi connectivity index (χ2v) is 7.51. The number of carbonyl (C=O) groups excluding carboxylic acids is 2. The number of methoxy groups -OCH3 is 2.